The van der Waals surface area contributed by atoms with Crippen LogP contribution in [0.2, 0.25) is 0 Å². The number of aromatic carboxylic acids is 1. The van der Waals surface area contributed by atoms with Gasteiger partial charge < -0.3 is 15.3 Å². The van der Waals surface area contributed by atoms with Crippen molar-refractivity contribution in [3.63, 3.8) is 0 Å². The van der Waals surface area contributed by atoms with Crippen molar-refractivity contribution < 1.29 is 14.7 Å². The van der Waals surface area contributed by atoms with E-state index < -0.39 is 5.97 Å². The van der Waals surface area contributed by atoms with Crippen LogP contribution in [0.3, 0.4) is 0 Å². The van der Waals surface area contributed by atoms with E-state index >= 15 is 0 Å². The third-order valence-corrected chi connectivity index (χ3v) is 5.23. The number of hydrogen-bond acceptors (Lipinski definition) is 4. The molecular weight excluding hydrogens is 360 g/mol. The van der Waals surface area contributed by atoms with Crippen molar-refractivity contribution in [2.24, 2.45) is 0 Å². The third kappa shape index (κ3) is 5.57. The van der Waals surface area contributed by atoms with Crippen LogP contribution in [0.15, 0.2) is 29.6 Å². The molecule has 1 heterocycles. The number of amides is 1. The summed E-state index contributed by atoms with van der Waals surface area (Å²) in [4.78, 5) is 26.9. The van der Waals surface area contributed by atoms with Gasteiger partial charge in [0.15, 0.2) is 0 Å². The van der Waals surface area contributed by atoms with Gasteiger partial charge in [-0.3, -0.25) is 4.79 Å². The van der Waals surface area contributed by atoms with Crippen molar-refractivity contribution in [2.75, 3.05) is 23.3 Å². The monoisotopic (exact) mass is 388 g/mol. The Morgan fingerprint density at radius 2 is 1.81 bits per heavy atom. The Balaban J connectivity index is 2.28. The van der Waals surface area contributed by atoms with Gasteiger partial charge in [0.05, 0.1) is 16.9 Å². The Morgan fingerprint density at radius 3 is 2.41 bits per heavy atom. The van der Waals surface area contributed by atoms with Gasteiger partial charge in [-0.05, 0) is 42.0 Å². The lowest BCUT2D eigenvalue weighted by molar-refractivity contribution is -0.115. The van der Waals surface area contributed by atoms with Crippen LogP contribution in [-0.2, 0) is 11.2 Å². The standard InChI is InChI=1S/C21H28N2O3S/c1-4-10-23(11-5-2)18-9-12-27-19(18)14-15-7-8-17(22-20(24)6-3)16(13-15)21(25)26/h7-9,12-13H,4-6,10-11,14H2,1-3H3,(H,22,24)(H,25,26). The Labute approximate surface area is 165 Å². The van der Waals surface area contributed by atoms with Gasteiger partial charge in [0.25, 0.3) is 0 Å². The molecule has 2 aromatic rings. The number of anilines is 2. The van der Waals surface area contributed by atoms with E-state index in [4.69, 9.17) is 0 Å². The molecule has 0 saturated heterocycles. The van der Waals surface area contributed by atoms with E-state index in [0.29, 0.717) is 18.5 Å². The first kappa shape index (κ1) is 21.0. The fourth-order valence-electron chi connectivity index (χ4n) is 3.05. The second-order valence-corrected chi connectivity index (χ2v) is 7.48. The average molecular weight is 389 g/mol. The van der Waals surface area contributed by atoms with Gasteiger partial charge in [0.2, 0.25) is 5.91 Å². The smallest absolute Gasteiger partial charge is 0.337 e. The molecule has 2 N–H and O–H groups in total. The summed E-state index contributed by atoms with van der Waals surface area (Å²) in [5, 5.41) is 14.3. The predicted molar refractivity (Wildman–Crippen MR) is 112 cm³/mol. The van der Waals surface area contributed by atoms with Crippen LogP contribution in [0, 0.1) is 0 Å². The highest BCUT2D eigenvalue weighted by atomic mass is 32.1. The Hall–Kier alpha value is -2.34. The minimum atomic E-state index is -1.03. The maximum absolute atomic E-state index is 11.6. The normalized spacial score (nSPS) is 10.6. The summed E-state index contributed by atoms with van der Waals surface area (Å²) in [5.74, 6) is -1.23. The third-order valence-electron chi connectivity index (χ3n) is 4.32. The number of carbonyl (C=O) groups excluding carboxylic acids is 1. The number of hydrogen-bond donors (Lipinski definition) is 2. The summed E-state index contributed by atoms with van der Waals surface area (Å²) in [6.45, 7) is 8.12. The van der Waals surface area contributed by atoms with E-state index in [1.165, 1.54) is 10.6 Å². The summed E-state index contributed by atoms with van der Waals surface area (Å²) >= 11 is 1.70. The zero-order chi connectivity index (χ0) is 19.8. The first-order valence-corrected chi connectivity index (χ1v) is 10.3. The maximum Gasteiger partial charge on any atom is 0.337 e. The van der Waals surface area contributed by atoms with Crippen LogP contribution >= 0.6 is 11.3 Å². The molecule has 0 aliphatic rings. The van der Waals surface area contributed by atoms with Crippen LogP contribution in [0.25, 0.3) is 0 Å². The van der Waals surface area contributed by atoms with E-state index in [-0.39, 0.29) is 11.5 Å². The van der Waals surface area contributed by atoms with Crippen LogP contribution < -0.4 is 10.2 Å². The molecular formula is C21H28N2O3S. The Kier molecular flexibility index (Phi) is 7.85. The zero-order valence-electron chi connectivity index (χ0n) is 16.2. The Bertz CT molecular complexity index is 779. The first-order chi connectivity index (χ1) is 13.0. The summed E-state index contributed by atoms with van der Waals surface area (Å²) < 4.78 is 0. The highest BCUT2D eigenvalue weighted by Crippen LogP contribution is 2.30. The largest absolute Gasteiger partial charge is 0.478 e. The summed E-state index contributed by atoms with van der Waals surface area (Å²) in [5.41, 5.74) is 2.65. The minimum Gasteiger partial charge on any atom is -0.478 e. The number of rotatable bonds is 10. The van der Waals surface area contributed by atoms with E-state index in [0.717, 1.165) is 31.5 Å². The molecule has 0 bridgehead atoms. The number of thiophene rings is 1. The highest BCUT2D eigenvalue weighted by molar-refractivity contribution is 7.10. The van der Waals surface area contributed by atoms with Gasteiger partial charge in [0, 0.05) is 30.8 Å². The molecule has 2 rings (SSSR count). The van der Waals surface area contributed by atoms with Crippen molar-refractivity contribution in [1.82, 2.24) is 0 Å². The second kappa shape index (κ2) is 10.1. The van der Waals surface area contributed by atoms with Crippen molar-refractivity contribution in [3.8, 4) is 0 Å². The molecule has 0 fully saturated rings. The maximum atomic E-state index is 11.6. The fourth-order valence-corrected chi connectivity index (χ4v) is 3.98. The highest BCUT2D eigenvalue weighted by Gasteiger charge is 2.16. The quantitative estimate of drug-likeness (QED) is 0.600. The van der Waals surface area contributed by atoms with E-state index in [1.807, 2.05) is 6.07 Å². The van der Waals surface area contributed by atoms with Gasteiger partial charge in [-0.1, -0.05) is 26.8 Å². The SMILES string of the molecule is CCCN(CCC)c1ccsc1Cc1ccc(NC(=O)CC)c(C(=O)O)c1. The number of nitrogens with one attached hydrogen (secondary N) is 1. The molecule has 1 aromatic carbocycles. The number of carboxylic acids is 1. The first-order valence-electron chi connectivity index (χ1n) is 9.47. The minimum absolute atomic E-state index is 0.131. The molecule has 0 atom stereocenters. The molecule has 27 heavy (non-hydrogen) atoms. The number of nitrogens with zero attached hydrogens (tertiary/aromatic N) is 1. The Morgan fingerprint density at radius 1 is 1.11 bits per heavy atom. The lowest BCUT2D eigenvalue weighted by Crippen LogP contribution is -2.25. The lowest BCUT2D eigenvalue weighted by atomic mass is 10.0. The van der Waals surface area contributed by atoms with Crippen molar-refractivity contribution in [3.05, 3.63) is 45.6 Å². The van der Waals surface area contributed by atoms with Crippen LogP contribution in [0.1, 0.15) is 60.8 Å². The molecule has 0 unspecified atom stereocenters. The fraction of sp³-hybridized carbons (Fsp3) is 0.429. The van der Waals surface area contributed by atoms with E-state index in [9.17, 15) is 14.7 Å². The molecule has 5 nitrogen and oxygen atoms in total. The molecule has 0 saturated carbocycles. The molecule has 0 radical (unpaired) electrons. The molecule has 0 aliphatic heterocycles. The van der Waals surface area contributed by atoms with Crippen molar-refractivity contribution in [1.29, 1.82) is 0 Å². The van der Waals surface area contributed by atoms with Gasteiger partial charge >= 0.3 is 5.97 Å². The summed E-state index contributed by atoms with van der Waals surface area (Å²) in [6, 6.07) is 7.40. The van der Waals surface area contributed by atoms with Crippen LogP contribution in [-0.4, -0.2) is 30.1 Å². The van der Waals surface area contributed by atoms with Crippen molar-refractivity contribution >= 4 is 34.6 Å². The van der Waals surface area contributed by atoms with Gasteiger partial charge in [-0.15, -0.1) is 11.3 Å². The molecule has 0 aliphatic carbocycles. The molecule has 146 valence electrons. The van der Waals surface area contributed by atoms with E-state index in [2.05, 4.69) is 35.5 Å². The summed E-state index contributed by atoms with van der Waals surface area (Å²) in [7, 11) is 0. The molecule has 6 heteroatoms. The topological polar surface area (TPSA) is 69.6 Å². The van der Waals surface area contributed by atoms with Gasteiger partial charge in [0.1, 0.15) is 0 Å². The van der Waals surface area contributed by atoms with Gasteiger partial charge in [-0.25, -0.2) is 4.79 Å². The van der Waals surface area contributed by atoms with E-state index in [1.54, 1.807) is 30.4 Å². The van der Waals surface area contributed by atoms with Crippen LogP contribution in [0.4, 0.5) is 11.4 Å². The summed E-state index contributed by atoms with van der Waals surface area (Å²) in [6.07, 6.45) is 3.16. The van der Waals surface area contributed by atoms with Crippen molar-refractivity contribution in [2.45, 2.75) is 46.5 Å². The molecule has 1 aromatic heterocycles. The number of carbonyl (C=O) groups is 2. The molecule has 0 spiro atoms. The van der Waals surface area contributed by atoms with Crippen LogP contribution in [0.5, 0.6) is 0 Å². The molecule has 1 amide bonds. The number of benzene rings is 1. The second-order valence-electron chi connectivity index (χ2n) is 6.48. The lowest BCUT2D eigenvalue weighted by Gasteiger charge is -2.24. The van der Waals surface area contributed by atoms with Gasteiger partial charge in [-0.2, -0.15) is 0 Å². The predicted octanol–water partition coefficient (Wildman–Crippen LogP) is 5.01. The zero-order valence-corrected chi connectivity index (χ0v) is 17.1. The number of carboxylic acid groups (broad SMARTS) is 1. The average Bonchev–Trinajstić information content (AvgIpc) is 3.10.